The van der Waals surface area contributed by atoms with Gasteiger partial charge in [0.15, 0.2) is 0 Å². The van der Waals surface area contributed by atoms with E-state index in [1.54, 1.807) is 4.90 Å². The van der Waals surface area contributed by atoms with Gasteiger partial charge in [0.1, 0.15) is 5.82 Å². The molecule has 2 rings (SSSR count). The summed E-state index contributed by atoms with van der Waals surface area (Å²) in [5.41, 5.74) is -0.0248. The molecule has 1 aliphatic rings. The van der Waals surface area contributed by atoms with Crippen molar-refractivity contribution in [3.8, 4) is 0 Å². The van der Waals surface area contributed by atoms with Crippen molar-refractivity contribution in [3.05, 3.63) is 34.6 Å². The van der Waals surface area contributed by atoms with E-state index in [2.05, 4.69) is 5.32 Å². The van der Waals surface area contributed by atoms with Crippen LogP contribution in [0.25, 0.3) is 0 Å². The number of halogens is 3. The first-order chi connectivity index (χ1) is 8.09. The highest BCUT2D eigenvalue weighted by Gasteiger charge is 2.25. The lowest BCUT2D eigenvalue weighted by Gasteiger charge is -2.32. The summed E-state index contributed by atoms with van der Waals surface area (Å²) in [6.45, 7) is 3.86. The fourth-order valence-electron chi connectivity index (χ4n) is 1.98. The Balaban J connectivity index is 0.00000162. The molecule has 1 fully saturated rings. The molecule has 1 amide bonds. The van der Waals surface area contributed by atoms with Crippen molar-refractivity contribution >= 4 is 29.9 Å². The Morgan fingerprint density at radius 2 is 2.28 bits per heavy atom. The van der Waals surface area contributed by atoms with Crippen LogP contribution in [0, 0.1) is 5.82 Å². The number of carbonyl (C=O) groups excluding carboxylic acids is 1. The maximum atomic E-state index is 13.6. The van der Waals surface area contributed by atoms with Crippen LogP contribution in [0.1, 0.15) is 17.3 Å². The molecule has 1 atom stereocenters. The Kier molecular flexibility index (Phi) is 5.38. The van der Waals surface area contributed by atoms with Crippen molar-refractivity contribution < 1.29 is 9.18 Å². The van der Waals surface area contributed by atoms with Gasteiger partial charge in [-0.05, 0) is 19.1 Å². The molecule has 1 saturated heterocycles. The van der Waals surface area contributed by atoms with E-state index in [1.165, 1.54) is 18.2 Å². The zero-order valence-electron chi connectivity index (χ0n) is 9.95. The van der Waals surface area contributed by atoms with Gasteiger partial charge in [-0.2, -0.15) is 0 Å². The molecular weight excluding hydrogens is 278 g/mol. The second kappa shape index (κ2) is 6.36. The zero-order chi connectivity index (χ0) is 12.4. The van der Waals surface area contributed by atoms with E-state index in [1.807, 2.05) is 6.92 Å². The molecular formula is C12H15Cl2FN2O. The SMILES string of the molecule is C[C@H]1CN(C(=O)c2c(F)cccc2Cl)CCN1.Cl. The van der Waals surface area contributed by atoms with Gasteiger partial charge < -0.3 is 10.2 Å². The summed E-state index contributed by atoms with van der Waals surface area (Å²) in [7, 11) is 0. The third-order valence-electron chi connectivity index (χ3n) is 2.83. The molecule has 100 valence electrons. The molecule has 1 aromatic carbocycles. The van der Waals surface area contributed by atoms with Crippen LogP contribution in [-0.4, -0.2) is 36.5 Å². The normalized spacial score (nSPS) is 19.3. The van der Waals surface area contributed by atoms with Gasteiger partial charge in [0.05, 0.1) is 10.6 Å². The summed E-state index contributed by atoms with van der Waals surface area (Å²) < 4.78 is 13.6. The molecule has 1 aliphatic heterocycles. The standard InChI is InChI=1S/C12H14ClFN2O.ClH/c1-8-7-16(6-5-15-8)12(17)11-9(13)3-2-4-10(11)14;/h2-4,8,15H,5-7H2,1H3;1H/t8-;/m0./s1. The molecule has 18 heavy (non-hydrogen) atoms. The van der Waals surface area contributed by atoms with Gasteiger partial charge in [0.2, 0.25) is 0 Å². The third-order valence-corrected chi connectivity index (χ3v) is 3.15. The monoisotopic (exact) mass is 292 g/mol. The maximum Gasteiger partial charge on any atom is 0.258 e. The molecule has 6 heteroatoms. The minimum absolute atomic E-state index is 0. The maximum absolute atomic E-state index is 13.6. The highest BCUT2D eigenvalue weighted by molar-refractivity contribution is 6.33. The van der Waals surface area contributed by atoms with Crippen LogP contribution in [0.3, 0.4) is 0 Å². The Bertz CT molecular complexity index is 422. The number of rotatable bonds is 1. The second-order valence-electron chi connectivity index (χ2n) is 4.20. The molecule has 0 aromatic heterocycles. The summed E-state index contributed by atoms with van der Waals surface area (Å²) >= 11 is 5.88. The Hall–Kier alpha value is -0.840. The van der Waals surface area contributed by atoms with E-state index in [4.69, 9.17) is 11.6 Å². The summed E-state index contributed by atoms with van der Waals surface area (Å²) in [5, 5.41) is 3.39. The Morgan fingerprint density at radius 1 is 1.56 bits per heavy atom. The fraction of sp³-hybridized carbons (Fsp3) is 0.417. The van der Waals surface area contributed by atoms with Crippen LogP contribution in [0.5, 0.6) is 0 Å². The molecule has 0 spiro atoms. The summed E-state index contributed by atoms with van der Waals surface area (Å²) in [6.07, 6.45) is 0. The highest BCUT2D eigenvalue weighted by Crippen LogP contribution is 2.21. The Labute approximate surface area is 117 Å². The molecule has 0 radical (unpaired) electrons. The first kappa shape index (κ1) is 15.2. The molecule has 1 aromatic rings. The smallest absolute Gasteiger partial charge is 0.258 e. The van der Waals surface area contributed by atoms with E-state index in [0.717, 1.165) is 6.54 Å². The van der Waals surface area contributed by atoms with Crippen LogP contribution >= 0.6 is 24.0 Å². The van der Waals surface area contributed by atoms with Crippen LogP contribution in [0.2, 0.25) is 5.02 Å². The van der Waals surface area contributed by atoms with E-state index in [9.17, 15) is 9.18 Å². The average Bonchev–Trinajstić information content (AvgIpc) is 2.28. The van der Waals surface area contributed by atoms with E-state index < -0.39 is 5.82 Å². The van der Waals surface area contributed by atoms with Crippen molar-refractivity contribution in [2.75, 3.05) is 19.6 Å². The lowest BCUT2D eigenvalue weighted by Crippen LogP contribution is -2.51. The number of amides is 1. The van der Waals surface area contributed by atoms with Crippen LogP contribution in [0.4, 0.5) is 4.39 Å². The number of piperazine rings is 1. The number of hydrogen-bond donors (Lipinski definition) is 1. The fourth-order valence-corrected chi connectivity index (χ4v) is 2.22. The predicted molar refractivity (Wildman–Crippen MR) is 72.0 cm³/mol. The molecule has 0 unspecified atom stereocenters. The number of nitrogens with one attached hydrogen (secondary N) is 1. The van der Waals surface area contributed by atoms with Gasteiger partial charge >= 0.3 is 0 Å². The first-order valence-electron chi connectivity index (χ1n) is 5.56. The van der Waals surface area contributed by atoms with Crippen LogP contribution in [0.15, 0.2) is 18.2 Å². The van der Waals surface area contributed by atoms with E-state index in [0.29, 0.717) is 13.1 Å². The molecule has 1 heterocycles. The van der Waals surface area contributed by atoms with Crippen LogP contribution < -0.4 is 5.32 Å². The van der Waals surface area contributed by atoms with Crippen molar-refractivity contribution in [2.24, 2.45) is 0 Å². The second-order valence-corrected chi connectivity index (χ2v) is 4.61. The lowest BCUT2D eigenvalue weighted by atomic mass is 10.1. The van der Waals surface area contributed by atoms with Crippen molar-refractivity contribution in [3.63, 3.8) is 0 Å². The molecule has 0 saturated carbocycles. The number of nitrogens with zero attached hydrogens (tertiary/aromatic N) is 1. The van der Waals surface area contributed by atoms with Gasteiger partial charge in [0.25, 0.3) is 5.91 Å². The van der Waals surface area contributed by atoms with Gasteiger partial charge in [-0.3, -0.25) is 4.79 Å². The number of hydrogen-bond acceptors (Lipinski definition) is 2. The zero-order valence-corrected chi connectivity index (χ0v) is 11.5. The van der Waals surface area contributed by atoms with Gasteiger partial charge in [-0.15, -0.1) is 12.4 Å². The quantitative estimate of drug-likeness (QED) is 0.862. The van der Waals surface area contributed by atoms with Crippen molar-refractivity contribution in [2.45, 2.75) is 13.0 Å². The molecule has 3 nitrogen and oxygen atoms in total. The van der Waals surface area contributed by atoms with Gasteiger partial charge in [-0.1, -0.05) is 17.7 Å². The summed E-state index contributed by atoms with van der Waals surface area (Å²) in [5.74, 6) is -0.893. The predicted octanol–water partition coefficient (Wildman–Crippen LogP) is 2.33. The minimum atomic E-state index is -0.561. The number of benzene rings is 1. The summed E-state index contributed by atoms with van der Waals surface area (Å²) in [4.78, 5) is 13.8. The van der Waals surface area contributed by atoms with E-state index in [-0.39, 0.29) is 34.9 Å². The van der Waals surface area contributed by atoms with E-state index >= 15 is 0 Å². The minimum Gasteiger partial charge on any atom is -0.336 e. The summed E-state index contributed by atoms with van der Waals surface area (Å²) in [6, 6.07) is 4.50. The lowest BCUT2D eigenvalue weighted by molar-refractivity contribution is 0.0704. The molecule has 0 bridgehead atoms. The molecule has 1 N–H and O–H groups in total. The topological polar surface area (TPSA) is 32.3 Å². The molecule has 0 aliphatic carbocycles. The van der Waals surface area contributed by atoms with Gasteiger partial charge in [0, 0.05) is 25.7 Å². The highest BCUT2D eigenvalue weighted by atomic mass is 35.5. The average molecular weight is 293 g/mol. The Morgan fingerprint density at radius 3 is 2.89 bits per heavy atom. The van der Waals surface area contributed by atoms with Crippen molar-refractivity contribution in [1.29, 1.82) is 0 Å². The van der Waals surface area contributed by atoms with Crippen LogP contribution in [-0.2, 0) is 0 Å². The van der Waals surface area contributed by atoms with Crippen molar-refractivity contribution in [1.82, 2.24) is 10.2 Å². The largest absolute Gasteiger partial charge is 0.336 e. The third kappa shape index (κ3) is 3.13. The first-order valence-corrected chi connectivity index (χ1v) is 5.94. The van der Waals surface area contributed by atoms with Gasteiger partial charge in [-0.25, -0.2) is 4.39 Å². The number of carbonyl (C=O) groups is 1.